The predicted molar refractivity (Wildman–Crippen MR) is 99.3 cm³/mol. The van der Waals surface area contributed by atoms with Crippen molar-refractivity contribution in [3.05, 3.63) is 15.6 Å². The van der Waals surface area contributed by atoms with Gasteiger partial charge in [0.25, 0.3) is 0 Å². The SMILES string of the molecule is CCNC(=NCc1nc(C)c(C)s1)NCCN1CCCCC1C. The molecule has 1 unspecified atom stereocenters. The Hall–Kier alpha value is -1.14. The number of hydrogen-bond donors (Lipinski definition) is 2. The largest absolute Gasteiger partial charge is 0.357 e. The summed E-state index contributed by atoms with van der Waals surface area (Å²) in [6.07, 6.45) is 4.04. The van der Waals surface area contributed by atoms with Crippen LogP contribution in [0, 0.1) is 13.8 Å². The van der Waals surface area contributed by atoms with Gasteiger partial charge in [-0.1, -0.05) is 6.42 Å². The average Bonchev–Trinajstić information content (AvgIpc) is 2.85. The van der Waals surface area contributed by atoms with E-state index in [1.807, 2.05) is 0 Å². The van der Waals surface area contributed by atoms with Crippen LogP contribution in [0.15, 0.2) is 4.99 Å². The summed E-state index contributed by atoms with van der Waals surface area (Å²) in [5, 5.41) is 7.86. The van der Waals surface area contributed by atoms with Crippen molar-refractivity contribution in [3.8, 4) is 0 Å². The van der Waals surface area contributed by atoms with Gasteiger partial charge in [-0.2, -0.15) is 0 Å². The van der Waals surface area contributed by atoms with Crippen molar-refractivity contribution in [1.82, 2.24) is 20.5 Å². The lowest BCUT2D eigenvalue weighted by Crippen LogP contribution is -2.45. The summed E-state index contributed by atoms with van der Waals surface area (Å²) in [7, 11) is 0. The van der Waals surface area contributed by atoms with Crippen molar-refractivity contribution < 1.29 is 0 Å². The van der Waals surface area contributed by atoms with E-state index in [2.05, 4.69) is 53.2 Å². The molecule has 1 aromatic heterocycles. The zero-order valence-corrected chi connectivity index (χ0v) is 15.8. The summed E-state index contributed by atoms with van der Waals surface area (Å²) in [6, 6.07) is 0.714. The zero-order valence-electron chi connectivity index (χ0n) is 15.0. The van der Waals surface area contributed by atoms with E-state index in [0.717, 1.165) is 36.3 Å². The van der Waals surface area contributed by atoms with Gasteiger partial charge in [-0.05, 0) is 47.1 Å². The fraction of sp³-hybridized carbons (Fsp3) is 0.765. The predicted octanol–water partition coefficient (Wildman–Crippen LogP) is 2.69. The second kappa shape index (κ2) is 9.23. The van der Waals surface area contributed by atoms with Crippen LogP contribution in [0.1, 0.15) is 48.7 Å². The van der Waals surface area contributed by atoms with Crippen molar-refractivity contribution >= 4 is 17.3 Å². The van der Waals surface area contributed by atoms with E-state index in [-0.39, 0.29) is 0 Å². The van der Waals surface area contributed by atoms with Gasteiger partial charge in [0.15, 0.2) is 5.96 Å². The van der Waals surface area contributed by atoms with Crippen molar-refractivity contribution in [1.29, 1.82) is 0 Å². The maximum Gasteiger partial charge on any atom is 0.191 e. The minimum Gasteiger partial charge on any atom is -0.357 e. The van der Waals surface area contributed by atoms with Gasteiger partial charge in [0, 0.05) is 30.6 Å². The number of guanidine groups is 1. The third-order valence-electron chi connectivity index (χ3n) is 4.42. The molecule has 0 amide bonds. The van der Waals surface area contributed by atoms with Gasteiger partial charge in [-0.3, -0.25) is 4.90 Å². The molecule has 0 aromatic carbocycles. The first-order chi connectivity index (χ1) is 11.1. The molecule has 0 bridgehead atoms. The highest BCUT2D eigenvalue weighted by Gasteiger charge is 2.17. The Morgan fingerprint density at radius 3 is 2.83 bits per heavy atom. The van der Waals surface area contributed by atoms with Gasteiger partial charge < -0.3 is 10.6 Å². The van der Waals surface area contributed by atoms with Gasteiger partial charge in [-0.25, -0.2) is 9.98 Å². The molecule has 0 saturated carbocycles. The number of piperidine rings is 1. The lowest BCUT2D eigenvalue weighted by molar-refractivity contribution is 0.163. The number of aryl methyl sites for hydroxylation is 2. The van der Waals surface area contributed by atoms with E-state index in [1.54, 1.807) is 11.3 Å². The number of likely N-dealkylation sites (tertiary alicyclic amines) is 1. The molecule has 5 nitrogen and oxygen atoms in total. The Kier molecular flexibility index (Phi) is 7.30. The fourth-order valence-corrected chi connectivity index (χ4v) is 3.76. The molecule has 1 aliphatic rings. The zero-order chi connectivity index (χ0) is 16.7. The van der Waals surface area contributed by atoms with Crippen molar-refractivity contribution in [3.63, 3.8) is 0 Å². The Balaban J connectivity index is 1.81. The Labute approximate surface area is 144 Å². The number of hydrogen-bond acceptors (Lipinski definition) is 4. The van der Waals surface area contributed by atoms with Crippen molar-refractivity contribution in [2.75, 3.05) is 26.2 Å². The van der Waals surface area contributed by atoms with E-state index in [4.69, 9.17) is 0 Å². The van der Waals surface area contributed by atoms with Crippen molar-refractivity contribution in [2.45, 2.75) is 59.5 Å². The molecule has 130 valence electrons. The molecule has 1 aliphatic heterocycles. The smallest absolute Gasteiger partial charge is 0.191 e. The molecule has 1 fully saturated rings. The van der Waals surface area contributed by atoms with Crippen molar-refractivity contribution in [2.24, 2.45) is 4.99 Å². The highest BCUT2D eigenvalue weighted by molar-refractivity contribution is 7.11. The van der Waals surface area contributed by atoms with Crippen LogP contribution in [0.2, 0.25) is 0 Å². The normalized spacial score (nSPS) is 19.8. The molecule has 0 spiro atoms. The minimum absolute atomic E-state index is 0.648. The summed E-state index contributed by atoms with van der Waals surface area (Å²) in [6.45, 7) is 13.4. The molecule has 23 heavy (non-hydrogen) atoms. The summed E-state index contributed by atoms with van der Waals surface area (Å²) in [5.41, 5.74) is 1.12. The van der Waals surface area contributed by atoms with Gasteiger partial charge >= 0.3 is 0 Å². The second-order valence-electron chi connectivity index (χ2n) is 6.25. The van der Waals surface area contributed by atoms with Crippen LogP contribution in [-0.4, -0.2) is 48.1 Å². The Bertz CT molecular complexity index is 492. The highest BCUT2D eigenvalue weighted by Crippen LogP contribution is 2.17. The van der Waals surface area contributed by atoms with E-state index in [1.165, 1.54) is 30.7 Å². The summed E-state index contributed by atoms with van der Waals surface area (Å²) in [4.78, 5) is 13.1. The molecule has 2 N–H and O–H groups in total. The van der Waals surface area contributed by atoms with E-state index >= 15 is 0 Å². The van der Waals surface area contributed by atoms with E-state index in [0.29, 0.717) is 12.6 Å². The van der Waals surface area contributed by atoms with Gasteiger partial charge in [0.05, 0.1) is 12.2 Å². The van der Waals surface area contributed by atoms with Crippen LogP contribution in [0.3, 0.4) is 0 Å². The summed E-state index contributed by atoms with van der Waals surface area (Å²) in [5.74, 6) is 0.891. The standard InChI is InChI=1S/C17H31N5S/c1-5-18-17(20-12-16-21-14(3)15(4)23-16)19-9-11-22-10-7-6-8-13(22)2/h13H,5-12H2,1-4H3,(H2,18,19,20). The third kappa shape index (κ3) is 5.77. The van der Waals surface area contributed by atoms with Gasteiger partial charge in [0.1, 0.15) is 5.01 Å². The molecule has 0 radical (unpaired) electrons. The molecule has 2 rings (SSSR count). The van der Waals surface area contributed by atoms with Crippen LogP contribution < -0.4 is 10.6 Å². The lowest BCUT2D eigenvalue weighted by Gasteiger charge is -2.33. The Morgan fingerprint density at radius 2 is 2.17 bits per heavy atom. The first-order valence-electron chi connectivity index (χ1n) is 8.79. The average molecular weight is 338 g/mol. The maximum atomic E-state index is 4.66. The number of rotatable bonds is 6. The highest BCUT2D eigenvalue weighted by atomic mass is 32.1. The molecule has 1 atom stereocenters. The summed E-state index contributed by atoms with van der Waals surface area (Å²) >= 11 is 1.74. The minimum atomic E-state index is 0.648. The fourth-order valence-electron chi connectivity index (χ4n) is 2.90. The molecule has 1 saturated heterocycles. The topological polar surface area (TPSA) is 52.6 Å². The monoisotopic (exact) mass is 337 g/mol. The molecule has 1 aromatic rings. The third-order valence-corrected chi connectivity index (χ3v) is 5.48. The Morgan fingerprint density at radius 1 is 1.35 bits per heavy atom. The number of nitrogens with one attached hydrogen (secondary N) is 2. The molecule has 0 aliphatic carbocycles. The number of aliphatic imine (C=N–C) groups is 1. The number of nitrogens with zero attached hydrogens (tertiary/aromatic N) is 3. The molecule has 6 heteroatoms. The maximum absolute atomic E-state index is 4.66. The molecule has 2 heterocycles. The number of thiazole rings is 1. The van der Waals surface area contributed by atoms with E-state index < -0.39 is 0 Å². The quantitative estimate of drug-likeness (QED) is 0.619. The van der Waals surface area contributed by atoms with Crippen LogP contribution >= 0.6 is 11.3 Å². The first kappa shape index (κ1) is 18.2. The van der Waals surface area contributed by atoms with E-state index in [9.17, 15) is 0 Å². The lowest BCUT2D eigenvalue weighted by atomic mass is 10.0. The van der Waals surface area contributed by atoms with Crippen LogP contribution in [0.5, 0.6) is 0 Å². The summed E-state index contributed by atoms with van der Waals surface area (Å²) < 4.78 is 0. The van der Waals surface area contributed by atoms with Gasteiger partial charge in [0.2, 0.25) is 0 Å². The molecular formula is C17H31N5S. The first-order valence-corrected chi connectivity index (χ1v) is 9.61. The number of aromatic nitrogens is 1. The van der Waals surface area contributed by atoms with Crippen LogP contribution in [0.25, 0.3) is 0 Å². The second-order valence-corrected chi connectivity index (χ2v) is 7.54. The van der Waals surface area contributed by atoms with Crippen LogP contribution in [0.4, 0.5) is 0 Å². The van der Waals surface area contributed by atoms with Gasteiger partial charge in [-0.15, -0.1) is 11.3 Å². The molecular weight excluding hydrogens is 306 g/mol. The van der Waals surface area contributed by atoms with Crippen LogP contribution in [-0.2, 0) is 6.54 Å².